The van der Waals surface area contributed by atoms with E-state index in [-0.39, 0.29) is 34.0 Å². The van der Waals surface area contributed by atoms with Gasteiger partial charge in [-0.15, -0.1) is 0 Å². The molecule has 3 aromatic carbocycles. The van der Waals surface area contributed by atoms with Crippen molar-refractivity contribution in [3.8, 4) is 5.75 Å². The molecule has 34 heavy (non-hydrogen) atoms. The Hall–Kier alpha value is -4.02. The summed E-state index contributed by atoms with van der Waals surface area (Å²) in [7, 11) is 0. The van der Waals surface area contributed by atoms with Gasteiger partial charge in [-0.25, -0.2) is 0 Å². The summed E-state index contributed by atoms with van der Waals surface area (Å²) in [6, 6.07) is 17.2. The molecule has 1 N–H and O–H groups in total. The van der Waals surface area contributed by atoms with E-state index in [2.05, 4.69) is 10.2 Å². The van der Waals surface area contributed by atoms with E-state index >= 15 is 0 Å². The largest absolute Gasteiger partial charge is 0.507 e. The summed E-state index contributed by atoms with van der Waals surface area (Å²) in [5.41, 5.74) is 1.27. The Morgan fingerprint density at radius 3 is 2.50 bits per heavy atom. The first kappa shape index (κ1) is 23.1. The lowest BCUT2D eigenvalue weighted by Crippen LogP contribution is -2.27. The summed E-state index contributed by atoms with van der Waals surface area (Å²) >= 11 is 6.62. The molecule has 0 bridgehead atoms. The molecule has 0 atom stereocenters. The van der Waals surface area contributed by atoms with Crippen molar-refractivity contribution in [1.82, 2.24) is 4.90 Å². The second kappa shape index (κ2) is 9.86. The summed E-state index contributed by atoms with van der Waals surface area (Å²) in [5.74, 6) is -0.731. The average molecular weight is 495 g/mol. The minimum Gasteiger partial charge on any atom is -0.507 e. The number of thioether (sulfide) groups is 1. The molecule has 1 aliphatic rings. The first-order valence-corrected chi connectivity index (χ1v) is 11.0. The van der Waals surface area contributed by atoms with Crippen LogP contribution in [-0.2, 0) is 11.3 Å². The second-order valence-corrected chi connectivity index (χ2v) is 8.51. The normalized spacial score (nSPS) is 15.0. The lowest BCUT2D eigenvalue weighted by Gasteiger charge is -2.12. The first-order valence-electron chi connectivity index (χ1n) is 9.80. The van der Waals surface area contributed by atoms with Gasteiger partial charge in [0, 0.05) is 22.2 Å². The average Bonchev–Trinajstić information content (AvgIpc) is 3.07. The van der Waals surface area contributed by atoms with Gasteiger partial charge in [-0.2, -0.15) is 10.2 Å². The highest BCUT2D eigenvalue weighted by atomic mass is 35.5. The summed E-state index contributed by atoms with van der Waals surface area (Å²) in [4.78, 5) is 37.0. The Morgan fingerprint density at radius 2 is 1.76 bits per heavy atom. The number of aromatic hydroxyl groups is 1. The minimum absolute atomic E-state index is 0.0721. The predicted octanol–water partition coefficient (Wildman–Crippen LogP) is 6.61. The van der Waals surface area contributed by atoms with Gasteiger partial charge in [-0.3, -0.25) is 24.6 Å². The molecule has 3 aromatic rings. The van der Waals surface area contributed by atoms with E-state index < -0.39 is 16.1 Å². The number of azo groups is 1. The number of amides is 2. The molecule has 0 unspecified atom stereocenters. The summed E-state index contributed by atoms with van der Waals surface area (Å²) in [5, 5.41) is 29.6. The maximum absolute atomic E-state index is 12.9. The zero-order valence-electron chi connectivity index (χ0n) is 17.3. The van der Waals surface area contributed by atoms with Crippen LogP contribution in [-0.4, -0.2) is 26.1 Å². The van der Waals surface area contributed by atoms with E-state index in [4.69, 9.17) is 11.6 Å². The lowest BCUT2D eigenvalue weighted by molar-refractivity contribution is -0.385. The number of para-hydroxylation sites is 1. The number of phenols is 1. The van der Waals surface area contributed by atoms with Crippen LogP contribution in [0.25, 0.3) is 6.08 Å². The molecule has 1 aliphatic heterocycles. The highest BCUT2D eigenvalue weighted by molar-refractivity contribution is 8.18. The highest BCUT2D eigenvalue weighted by Gasteiger charge is 2.36. The number of rotatable bonds is 6. The zero-order valence-corrected chi connectivity index (χ0v) is 18.9. The van der Waals surface area contributed by atoms with Gasteiger partial charge in [0.05, 0.1) is 27.7 Å². The Balaban J connectivity index is 1.57. The van der Waals surface area contributed by atoms with E-state index in [9.17, 15) is 24.8 Å². The van der Waals surface area contributed by atoms with Crippen molar-refractivity contribution in [3.05, 3.63) is 97.9 Å². The summed E-state index contributed by atoms with van der Waals surface area (Å²) in [6.07, 6.45) is 1.37. The number of carbonyl (C=O) groups excluding carboxylic acids is 2. The van der Waals surface area contributed by atoms with Crippen LogP contribution in [0.15, 0.2) is 81.9 Å². The van der Waals surface area contributed by atoms with Crippen LogP contribution in [0.2, 0.25) is 5.02 Å². The molecule has 9 nitrogen and oxygen atoms in total. The van der Waals surface area contributed by atoms with Crippen molar-refractivity contribution in [2.45, 2.75) is 6.54 Å². The van der Waals surface area contributed by atoms with Crippen molar-refractivity contribution in [2.24, 2.45) is 10.2 Å². The molecular formula is C23H15ClN4O5S. The van der Waals surface area contributed by atoms with Crippen molar-refractivity contribution < 1.29 is 19.6 Å². The summed E-state index contributed by atoms with van der Waals surface area (Å²) in [6.45, 7) is -0.237. The van der Waals surface area contributed by atoms with Gasteiger partial charge >= 0.3 is 0 Å². The first-order chi connectivity index (χ1) is 16.3. The highest BCUT2D eigenvalue weighted by Crippen LogP contribution is 2.36. The van der Waals surface area contributed by atoms with Crippen LogP contribution in [0.3, 0.4) is 0 Å². The van der Waals surface area contributed by atoms with E-state index in [0.29, 0.717) is 28.2 Å². The SMILES string of the molecule is O=C1S/C(=C\c2cc(N=Nc3cccc(Cl)c3)ccc2O)C(=O)N1Cc1ccccc1[N+](=O)[O-]. The number of nitro groups is 1. The Bertz CT molecular complexity index is 1370. The molecular weight excluding hydrogens is 480 g/mol. The quantitative estimate of drug-likeness (QED) is 0.178. The topological polar surface area (TPSA) is 125 Å². The molecule has 1 fully saturated rings. The number of hydrogen-bond acceptors (Lipinski definition) is 8. The van der Waals surface area contributed by atoms with Gasteiger partial charge in [0.25, 0.3) is 16.8 Å². The number of halogens is 1. The standard InChI is InChI=1S/C23H15ClN4O5S/c24-16-5-3-6-17(12-16)25-26-18-8-9-20(29)15(10-18)11-21-22(30)27(23(31)34-21)13-14-4-1-2-7-19(14)28(32)33/h1-12,29H,13H2/b21-11-,26-25?. The molecule has 2 amide bonds. The number of hydrogen-bond donors (Lipinski definition) is 1. The predicted molar refractivity (Wildman–Crippen MR) is 128 cm³/mol. The lowest BCUT2D eigenvalue weighted by atomic mass is 10.1. The van der Waals surface area contributed by atoms with E-state index in [1.165, 1.54) is 36.4 Å². The third kappa shape index (κ3) is 5.13. The molecule has 170 valence electrons. The number of phenolic OH excluding ortho intramolecular Hbond substituents is 1. The molecule has 4 rings (SSSR count). The van der Waals surface area contributed by atoms with Gasteiger partial charge in [0.15, 0.2) is 0 Å². The molecule has 0 spiro atoms. The minimum atomic E-state index is -0.612. The fourth-order valence-electron chi connectivity index (χ4n) is 3.14. The van der Waals surface area contributed by atoms with Gasteiger partial charge in [0.1, 0.15) is 5.75 Å². The van der Waals surface area contributed by atoms with Gasteiger partial charge in [-0.05, 0) is 54.2 Å². The van der Waals surface area contributed by atoms with Crippen molar-refractivity contribution >= 4 is 57.6 Å². The van der Waals surface area contributed by atoms with Crippen molar-refractivity contribution in [1.29, 1.82) is 0 Å². The molecule has 0 radical (unpaired) electrons. The van der Waals surface area contributed by atoms with E-state index in [0.717, 1.165) is 4.90 Å². The Labute approximate surface area is 202 Å². The van der Waals surface area contributed by atoms with Crippen molar-refractivity contribution in [2.75, 3.05) is 0 Å². The molecule has 0 aliphatic carbocycles. The number of nitrogens with zero attached hydrogens (tertiary/aromatic N) is 4. The van der Waals surface area contributed by atoms with Crippen LogP contribution in [0, 0.1) is 10.1 Å². The Morgan fingerprint density at radius 1 is 1.03 bits per heavy atom. The molecule has 1 heterocycles. The monoisotopic (exact) mass is 494 g/mol. The Kier molecular flexibility index (Phi) is 6.71. The smallest absolute Gasteiger partial charge is 0.293 e. The van der Waals surface area contributed by atoms with E-state index in [1.807, 2.05) is 0 Å². The number of benzene rings is 3. The fourth-order valence-corrected chi connectivity index (χ4v) is 4.16. The van der Waals surface area contributed by atoms with Crippen LogP contribution >= 0.6 is 23.4 Å². The zero-order chi connectivity index (χ0) is 24.2. The van der Waals surface area contributed by atoms with Crippen LogP contribution in [0.5, 0.6) is 5.75 Å². The van der Waals surface area contributed by atoms with Crippen LogP contribution in [0.1, 0.15) is 11.1 Å². The second-order valence-electron chi connectivity index (χ2n) is 7.08. The van der Waals surface area contributed by atoms with Gasteiger partial charge in [-0.1, -0.05) is 35.9 Å². The van der Waals surface area contributed by atoms with E-state index in [1.54, 1.807) is 36.4 Å². The van der Waals surface area contributed by atoms with Crippen molar-refractivity contribution in [3.63, 3.8) is 0 Å². The van der Waals surface area contributed by atoms with Gasteiger partial charge < -0.3 is 5.11 Å². The number of carbonyl (C=O) groups is 2. The fraction of sp³-hybridized carbons (Fsp3) is 0.0435. The van der Waals surface area contributed by atoms with Gasteiger partial charge in [0.2, 0.25) is 0 Å². The summed E-state index contributed by atoms with van der Waals surface area (Å²) < 4.78 is 0. The number of imide groups is 1. The molecule has 11 heteroatoms. The number of nitro benzene ring substituents is 1. The van der Waals surface area contributed by atoms with Crippen LogP contribution in [0.4, 0.5) is 21.9 Å². The maximum Gasteiger partial charge on any atom is 0.293 e. The van der Waals surface area contributed by atoms with Crippen LogP contribution < -0.4 is 0 Å². The third-order valence-electron chi connectivity index (χ3n) is 4.78. The molecule has 0 aromatic heterocycles. The maximum atomic E-state index is 12.9. The molecule has 0 saturated carbocycles. The third-order valence-corrected chi connectivity index (χ3v) is 5.92. The molecule has 1 saturated heterocycles.